The Morgan fingerprint density at radius 1 is 0.682 bits per heavy atom. The van der Waals surface area contributed by atoms with Crippen molar-refractivity contribution in [3.8, 4) is 0 Å². The fraction of sp³-hybridized carbons (Fsp3) is 0. The van der Waals surface area contributed by atoms with E-state index >= 15 is 0 Å². The molecule has 0 saturated heterocycles. The van der Waals surface area contributed by atoms with E-state index in [2.05, 4.69) is 60.7 Å². The van der Waals surface area contributed by atoms with Gasteiger partial charge in [-0.1, -0.05) is 36.4 Å². The maximum atomic E-state index is 4.93. The van der Waals surface area contributed by atoms with Crippen LogP contribution < -0.4 is 0 Å². The van der Waals surface area contributed by atoms with E-state index in [0.29, 0.717) is 0 Å². The topological polar surface area (TPSA) is 0 Å². The van der Waals surface area contributed by atoms with Crippen LogP contribution in [-0.4, -0.2) is 0 Å². The van der Waals surface area contributed by atoms with Crippen LogP contribution >= 0.6 is 17.0 Å². The minimum atomic E-state index is -0.826. The van der Waals surface area contributed by atoms with Crippen LogP contribution in [0.15, 0.2) is 84.9 Å². The van der Waals surface area contributed by atoms with Crippen LogP contribution in [0.5, 0.6) is 0 Å². The Kier molecular flexibility index (Phi) is 7.81. The van der Waals surface area contributed by atoms with E-state index in [1.54, 1.807) is 0 Å². The molecule has 22 heavy (non-hydrogen) atoms. The van der Waals surface area contributed by atoms with Crippen LogP contribution in [0.4, 0.5) is 0 Å². The summed E-state index contributed by atoms with van der Waals surface area (Å²) >= 11 is -0.826. The van der Waals surface area contributed by atoms with Crippen LogP contribution in [0.1, 0.15) is 0 Å². The first kappa shape index (κ1) is 17.3. The van der Waals surface area contributed by atoms with Crippen molar-refractivity contribution in [1.82, 2.24) is 0 Å². The molecule has 0 radical (unpaired) electrons. The molecule has 0 spiro atoms. The van der Waals surface area contributed by atoms with Gasteiger partial charge in [0.25, 0.3) is 0 Å². The molecule has 0 unspecified atom stereocenters. The maximum absolute atomic E-state index is 4.93. The fourth-order valence-electron chi connectivity index (χ4n) is 2.25. The van der Waals surface area contributed by atoms with E-state index in [4.69, 9.17) is 17.0 Å². The summed E-state index contributed by atoms with van der Waals surface area (Å²) in [5, 5.41) is 5.39. The second-order valence-corrected chi connectivity index (χ2v) is 8.20. The molecule has 0 saturated carbocycles. The van der Waals surface area contributed by atoms with Gasteiger partial charge in [-0.15, -0.1) is 39.7 Å². The average Bonchev–Trinajstić information content (AvgIpc) is 2.96. The summed E-state index contributed by atoms with van der Waals surface area (Å²) in [5.41, 5.74) is 0. The molecule has 0 nitrogen and oxygen atoms in total. The minimum absolute atomic E-state index is 0.826. The number of fused-ring (bicyclic) bond motifs is 3. The number of halogens is 2. The molecule has 0 aliphatic carbocycles. The van der Waals surface area contributed by atoms with Gasteiger partial charge in [0.15, 0.2) is 0 Å². The standard InChI is InChI=1S/C13H9.C6H5.2ClH.Zr/c1-3-7-12-10(5-1)9-11-6-2-4-8-13(11)12;1-2-4-6-5-3-1;;;/h1-9H;1-5H;2*1H;/q2*-1;;;+4/p-2. The zero-order chi connectivity index (χ0) is 15.6. The fourth-order valence-corrected chi connectivity index (χ4v) is 2.25. The van der Waals surface area contributed by atoms with Crippen molar-refractivity contribution in [2.45, 2.75) is 0 Å². The van der Waals surface area contributed by atoms with Crippen molar-refractivity contribution < 1.29 is 20.8 Å². The van der Waals surface area contributed by atoms with Gasteiger partial charge in [-0.2, -0.15) is 36.4 Å². The normalized spacial score (nSPS) is 9.18. The maximum Gasteiger partial charge on any atom is -0.0771 e. The smallest absolute Gasteiger partial charge is 0.0771 e. The summed E-state index contributed by atoms with van der Waals surface area (Å²) in [6, 6.07) is 31.8. The van der Waals surface area contributed by atoms with Crippen molar-refractivity contribution >= 4 is 38.6 Å². The molecule has 0 N–H and O–H groups in total. The Bertz CT molecular complexity index is 717. The van der Waals surface area contributed by atoms with Crippen molar-refractivity contribution in [3.05, 3.63) is 91.0 Å². The molecule has 0 amide bonds. The van der Waals surface area contributed by atoms with Gasteiger partial charge >= 0.3 is 37.9 Å². The SMILES string of the molecule is [Cl][Zr+2][Cl].[c-]1ccccc1.c1ccc2c(c1)[cH-]c1ccccc12. The molecule has 0 heterocycles. The summed E-state index contributed by atoms with van der Waals surface area (Å²) in [5.74, 6) is 0. The van der Waals surface area contributed by atoms with Crippen molar-refractivity contribution in [1.29, 1.82) is 0 Å². The van der Waals surface area contributed by atoms with E-state index in [9.17, 15) is 0 Å². The molecule has 3 heteroatoms. The predicted octanol–water partition coefficient (Wildman–Crippen LogP) is 6.58. The summed E-state index contributed by atoms with van der Waals surface area (Å²) in [7, 11) is 9.87. The average molecular weight is 404 g/mol. The van der Waals surface area contributed by atoms with Crippen molar-refractivity contribution in [2.75, 3.05) is 0 Å². The summed E-state index contributed by atoms with van der Waals surface area (Å²) < 4.78 is 0. The second-order valence-electron chi connectivity index (χ2n) is 4.47. The van der Waals surface area contributed by atoms with E-state index in [0.717, 1.165) is 0 Å². The Hall–Kier alpha value is -1.01. The molecule has 0 fully saturated rings. The zero-order valence-electron chi connectivity index (χ0n) is 11.8. The van der Waals surface area contributed by atoms with Gasteiger partial charge in [0, 0.05) is 0 Å². The molecule has 0 bridgehead atoms. The van der Waals surface area contributed by atoms with Gasteiger partial charge < -0.3 is 0 Å². The first-order valence-electron chi connectivity index (χ1n) is 6.77. The third kappa shape index (κ3) is 5.02. The van der Waals surface area contributed by atoms with Crippen molar-refractivity contribution in [2.24, 2.45) is 0 Å². The largest absolute Gasteiger partial charge is 0.184 e. The Labute approximate surface area is 149 Å². The molecule has 4 rings (SSSR count). The van der Waals surface area contributed by atoms with E-state index < -0.39 is 20.8 Å². The van der Waals surface area contributed by atoms with E-state index in [-0.39, 0.29) is 0 Å². The molecular weight excluding hydrogens is 390 g/mol. The number of hydrogen-bond donors (Lipinski definition) is 0. The van der Waals surface area contributed by atoms with Crippen molar-refractivity contribution in [3.63, 3.8) is 0 Å². The predicted molar refractivity (Wildman–Crippen MR) is 94.0 cm³/mol. The van der Waals surface area contributed by atoms with Gasteiger partial charge in [0.05, 0.1) is 0 Å². The molecule has 4 aromatic carbocycles. The molecule has 0 aromatic heterocycles. The molecule has 0 atom stereocenters. The van der Waals surface area contributed by atoms with Gasteiger partial charge in [-0.25, -0.2) is 0 Å². The van der Waals surface area contributed by atoms with Gasteiger partial charge in [0.1, 0.15) is 0 Å². The minimum Gasteiger partial charge on any atom is -0.184 e. The molecular formula is C19H14Cl2Zr. The Balaban J connectivity index is 0.000000165. The third-order valence-electron chi connectivity index (χ3n) is 3.13. The number of hydrogen-bond acceptors (Lipinski definition) is 0. The molecule has 0 aliphatic rings. The van der Waals surface area contributed by atoms with Crippen LogP contribution in [0.2, 0.25) is 0 Å². The van der Waals surface area contributed by atoms with Crippen LogP contribution in [0.25, 0.3) is 21.5 Å². The summed E-state index contributed by atoms with van der Waals surface area (Å²) in [6.07, 6.45) is 0. The van der Waals surface area contributed by atoms with E-state index in [1.165, 1.54) is 21.5 Å². The quantitative estimate of drug-likeness (QED) is 0.291. The Morgan fingerprint density at radius 3 is 1.50 bits per heavy atom. The summed E-state index contributed by atoms with van der Waals surface area (Å²) in [6.45, 7) is 0. The Morgan fingerprint density at radius 2 is 1.14 bits per heavy atom. The van der Waals surface area contributed by atoms with Crippen LogP contribution in [-0.2, 0) is 20.8 Å². The van der Waals surface area contributed by atoms with Gasteiger partial charge in [-0.3, -0.25) is 0 Å². The third-order valence-corrected chi connectivity index (χ3v) is 3.13. The first-order valence-corrected chi connectivity index (χ1v) is 13.1. The first-order chi connectivity index (χ1) is 10.9. The van der Waals surface area contributed by atoms with E-state index in [1.807, 2.05) is 30.3 Å². The van der Waals surface area contributed by atoms with Crippen LogP contribution in [0, 0.1) is 6.07 Å². The zero-order valence-corrected chi connectivity index (χ0v) is 15.8. The summed E-state index contributed by atoms with van der Waals surface area (Å²) in [4.78, 5) is 0. The van der Waals surface area contributed by atoms with Crippen LogP contribution in [0.3, 0.4) is 0 Å². The number of benzene rings is 3. The monoisotopic (exact) mass is 402 g/mol. The molecule has 108 valence electrons. The second kappa shape index (κ2) is 9.90. The van der Waals surface area contributed by atoms with Gasteiger partial charge in [0.2, 0.25) is 0 Å². The molecule has 0 aliphatic heterocycles. The van der Waals surface area contributed by atoms with Gasteiger partial charge in [-0.05, 0) is 0 Å². The number of rotatable bonds is 0. The molecule has 4 aromatic rings.